The van der Waals surface area contributed by atoms with Gasteiger partial charge in [0.15, 0.2) is 0 Å². The summed E-state index contributed by atoms with van der Waals surface area (Å²) in [6.45, 7) is 0.670. The van der Waals surface area contributed by atoms with Gasteiger partial charge in [0.05, 0.1) is 11.5 Å². The van der Waals surface area contributed by atoms with Gasteiger partial charge in [-0.2, -0.15) is 4.72 Å². The maximum atomic E-state index is 12.6. The molecule has 1 atom stereocenters. The Hall–Kier alpha value is -2.22. The highest BCUT2D eigenvalue weighted by molar-refractivity contribution is 7.89. The first-order chi connectivity index (χ1) is 12.0. The van der Waals surface area contributed by atoms with Gasteiger partial charge in [-0.15, -0.1) is 0 Å². The number of benzene rings is 2. The summed E-state index contributed by atoms with van der Waals surface area (Å²) < 4.78 is 32.5. The van der Waals surface area contributed by atoms with Crippen LogP contribution in [0.5, 0.6) is 0 Å². The molecule has 0 aliphatic rings. The van der Waals surface area contributed by atoms with Crippen LogP contribution in [0.3, 0.4) is 0 Å². The number of carbonyl (C=O) groups is 1. The molecule has 2 rings (SSSR count). The van der Waals surface area contributed by atoms with Crippen molar-refractivity contribution in [1.82, 2.24) is 10.0 Å². The molecular formula is C18H22N2O4S. The molecule has 2 N–H and O–H groups in total. The van der Waals surface area contributed by atoms with Crippen molar-refractivity contribution in [2.45, 2.75) is 17.4 Å². The number of rotatable bonds is 9. The summed E-state index contributed by atoms with van der Waals surface area (Å²) in [5.41, 5.74) is 0.866. The predicted molar refractivity (Wildman–Crippen MR) is 95.6 cm³/mol. The third kappa shape index (κ3) is 5.97. The fourth-order valence-electron chi connectivity index (χ4n) is 2.29. The summed E-state index contributed by atoms with van der Waals surface area (Å²) in [7, 11) is -2.26. The van der Waals surface area contributed by atoms with Crippen LogP contribution in [0, 0.1) is 0 Å². The minimum absolute atomic E-state index is 0.123. The van der Waals surface area contributed by atoms with Crippen molar-refractivity contribution in [2.24, 2.45) is 0 Å². The molecule has 2 aromatic rings. The Labute approximate surface area is 148 Å². The van der Waals surface area contributed by atoms with E-state index in [2.05, 4.69) is 10.0 Å². The van der Waals surface area contributed by atoms with Crippen LogP contribution in [-0.2, 0) is 26.0 Å². The molecule has 0 aromatic heterocycles. The van der Waals surface area contributed by atoms with Gasteiger partial charge < -0.3 is 10.1 Å². The molecule has 0 unspecified atom stereocenters. The molecule has 6 nitrogen and oxygen atoms in total. The Morgan fingerprint density at radius 1 is 1.04 bits per heavy atom. The second-order valence-electron chi connectivity index (χ2n) is 5.46. The molecule has 0 aliphatic heterocycles. The van der Waals surface area contributed by atoms with Crippen LogP contribution in [0.15, 0.2) is 65.6 Å². The zero-order valence-corrected chi connectivity index (χ0v) is 14.8. The van der Waals surface area contributed by atoms with Crippen molar-refractivity contribution in [3.05, 3.63) is 66.2 Å². The maximum Gasteiger partial charge on any atom is 0.241 e. The van der Waals surface area contributed by atoms with Crippen LogP contribution in [0.25, 0.3) is 0 Å². The van der Waals surface area contributed by atoms with Crippen LogP contribution in [0.2, 0.25) is 0 Å². The Morgan fingerprint density at radius 2 is 1.64 bits per heavy atom. The molecule has 134 valence electrons. The highest BCUT2D eigenvalue weighted by Gasteiger charge is 2.25. The van der Waals surface area contributed by atoms with E-state index in [0.29, 0.717) is 13.2 Å². The fraction of sp³-hybridized carbons (Fsp3) is 0.278. The summed E-state index contributed by atoms with van der Waals surface area (Å²) in [6.07, 6.45) is 0.256. The van der Waals surface area contributed by atoms with Gasteiger partial charge in [0, 0.05) is 13.7 Å². The number of sulfonamides is 1. The lowest BCUT2D eigenvalue weighted by molar-refractivity contribution is -0.122. The summed E-state index contributed by atoms with van der Waals surface area (Å²) in [5, 5.41) is 2.69. The van der Waals surface area contributed by atoms with E-state index in [0.717, 1.165) is 5.56 Å². The third-order valence-corrected chi connectivity index (χ3v) is 5.04. The number of carbonyl (C=O) groups excluding carboxylic acids is 1. The molecule has 0 fully saturated rings. The number of amides is 1. The molecule has 1 amide bonds. The summed E-state index contributed by atoms with van der Waals surface area (Å²) in [5.74, 6) is -0.389. The molecule has 0 heterocycles. The van der Waals surface area contributed by atoms with Gasteiger partial charge >= 0.3 is 0 Å². The molecule has 0 spiro atoms. The van der Waals surface area contributed by atoms with Gasteiger partial charge in [0.2, 0.25) is 15.9 Å². The molecule has 7 heteroatoms. The van der Waals surface area contributed by atoms with E-state index in [4.69, 9.17) is 4.74 Å². The maximum absolute atomic E-state index is 12.6. The van der Waals surface area contributed by atoms with Crippen molar-refractivity contribution in [3.63, 3.8) is 0 Å². The van der Waals surface area contributed by atoms with Crippen LogP contribution >= 0.6 is 0 Å². The molecule has 25 heavy (non-hydrogen) atoms. The Bertz CT molecular complexity index is 764. The standard InChI is InChI=1S/C18H22N2O4S/c1-24-13-12-19-18(21)17(14-15-8-4-2-5-9-15)20-25(22,23)16-10-6-3-7-11-16/h2-11,17,20H,12-14H2,1H3,(H,19,21)/t17-/m0/s1. The van der Waals surface area contributed by atoms with Crippen LogP contribution in [-0.4, -0.2) is 40.6 Å². The first-order valence-corrected chi connectivity index (χ1v) is 9.39. The second-order valence-corrected chi connectivity index (χ2v) is 7.17. The van der Waals surface area contributed by atoms with Gasteiger partial charge in [-0.3, -0.25) is 4.79 Å². The summed E-state index contributed by atoms with van der Waals surface area (Å²) >= 11 is 0. The lowest BCUT2D eigenvalue weighted by atomic mass is 10.1. The number of hydrogen-bond donors (Lipinski definition) is 2. The van der Waals surface area contributed by atoms with E-state index in [9.17, 15) is 13.2 Å². The van der Waals surface area contributed by atoms with E-state index >= 15 is 0 Å². The lowest BCUT2D eigenvalue weighted by Gasteiger charge is -2.18. The molecule has 0 saturated carbocycles. The topological polar surface area (TPSA) is 84.5 Å². The van der Waals surface area contributed by atoms with Crippen LogP contribution < -0.4 is 10.0 Å². The van der Waals surface area contributed by atoms with Crippen molar-refractivity contribution in [3.8, 4) is 0 Å². The lowest BCUT2D eigenvalue weighted by Crippen LogP contribution is -2.48. The summed E-state index contributed by atoms with van der Waals surface area (Å²) in [4.78, 5) is 12.6. The van der Waals surface area contributed by atoms with Crippen LogP contribution in [0.1, 0.15) is 5.56 Å². The van der Waals surface area contributed by atoms with E-state index < -0.39 is 16.1 Å². The number of hydrogen-bond acceptors (Lipinski definition) is 4. The Balaban J connectivity index is 2.17. The molecule has 2 aromatic carbocycles. The first-order valence-electron chi connectivity index (χ1n) is 7.91. The zero-order valence-electron chi connectivity index (χ0n) is 14.0. The zero-order chi connectivity index (χ0) is 18.1. The Kier molecular flexibility index (Phi) is 7.12. The van der Waals surface area contributed by atoms with Gasteiger partial charge in [0.1, 0.15) is 6.04 Å². The normalized spacial score (nSPS) is 12.5. The monoisotopic (exact) mass is 362 g/mol. The minimum atomic E-state index is -3.80. The quantitative estimate of drug-likeness (QED) is 0.659. The summed E-state index contributed by atoms with van der Waals surface area (Å²) in [6, 6.07) is 16.3. The van der Waals surface area contributed by atoms with Gasteiger partial charge in [0.25, 0.3) is 0 Å². The van der Waals surface area contributed by atoms with Crippen molar-refractivity contribution >= 4 is 15.9 Å². The molecule has 0 radical (unpaired) electrons. The SMILES string of the molecule is COCCNC(=O)[C@H](Cc1ccccc1)NS(=O)(=O)c1ccccc1. The smallest absolute Gasteiger partial charge is 0.241 e. The molecule has 0 saturated heterocycles. The number of ether oxygens (including phenoxy) is 1. The van der Waals surface area contributed by atoms with E-state index in [1.165, 1.54) is 19.2 Å². The average Bonchev–Trinajstić information content (AvgIpc) is 2.63. The number of methoxy groups -OCH3 is 1. The van der Waals surface area contributed by atoms with E-state index in [1.54, 1.807) is 18.2 Å². The average molecular weight is 362 g/mol. The first kappa shape index (κ1) is 19.1. The van der Waals surface area contributed by atoms with Gasteiger partial charge in [-0.05, 0) is 24.1 Å². The largest absolute Gasteiger partial charge is 0.383 e. The van der Waals surface area contributed by atoms with Crippen molar-refractivity contribution in [2.75, 3.05) is 20.3 Å². The molecular weight excluding hydrogens is 340 g/mol. The van der Waals surface area contributed by atoms with Gasteiger partial charge in [-0.1, -0.05) is 48.5 Å². The Morgan fingerprint density at radius 3 is 2.24 bits per heavy atom. The van der Waals surface area contributed by atoms with Gasteiger partial charge in [-0.25, -0.2) is 8.42 Å². The molecule has 0 bridgehead atoms. The minimum Gasteiger partial charge on any atom is -0.383 e. The molecule has 0 aliphatic carbocycles. The highest BCUT2D eigenvalue weighted by atomic mass is 32.2. The second kappa shape index (κ2) is 9.31. The highest BCUT2D eigenvalue weighted by Crippen LogP contribution is 2.11. The van der Waals surface area contributed by atoms with Crippen molar-refractivity contribution < 1.29 is 17.9 Å². The van der Waals surface area contributed by atoms with E-state index in [-0.39, 0.29) is 17.2 Å². The fourth-order valence-corrected chi connectivity index (χ4v) is 3.51. The third-order valence-electron chi connectivity index (χ3n) is 3.56. The van der Waals surface area contributed by atoms with Crippen molar-refractivity contribution in [1.29, 1.82) is 0 Å². The predicted octanol–water partition coefficient (Wildman–Crippen LogP) is 1.34. The number of nitrogens with one attached hydrogen (secondary N) is 2. The van der Waals surface area contributed by atoms with Crippen LogP contribution in [0.4, 0.5) is 0 Å². The van der Waals surface area contributed by atoms with E-state index in [1.807, 2.05) is 30.3 Å².